The molecule has 0 spiro atoms. The summed E-state index contributed by atoms with van der Waals surface area (Å²) in [6, 6.07) is 2.62. The third kappa shape index (κ3) is 3.60. The number of carbonyl (C=O) groups excluding carboxylic acids is 1. The molecule has 4 nitrogen and oxygen atoms in total. The van der Waals surface area contributed by atoms with Gasteiger partial charge in [0.1, 0.15) is 0 Å². The lowest BCUT2D eigenvalue weighted by Gasteiger charge is -2.12. The van der Waals surface area contributed by atoms with Gasteiger partial charge in [-0.05, 0) is 24.1 Å². The number of carboxylic acid groups (broad SMARTS) is 1. The standard InChI is InChI=1S/C11H9ClF3NO3/c1-5-6(4-16-10(19)11(13,14)15)2-3-7(12)8(5)9(17)18/h2-3H,4H2,1H3,(H,16,19)(H,17,18). The van der Waals surface area contributed by atoms with Gasteiger partial charge in [-0.25, -0.2) is 4.79 Å². The molecule has 0 saturated heterocycles. The predicted molar refractivity (Wildman–Crippen MR) is 61.1 cm³/mol. The summed E-state index contributed by atoms with van der Waals surface area (Å²) in [4.78, 5) is 21.6. The van der Waals surface area contributed by atoms with Crippen LogP contribution in [0.3, 0.4) is 0 Å². The van der Waals surface area contributed by atoms with Gasteiger partial charge < -0.3 is 10.4 Å². The van der Waals surface area contributed by atoms with Gasteiger partial charge in [0.15, 0.2) is 0 Å². The highest BCUT2D eigenvalue weighted by molar-refractivity contribution is 6.33. The molecule has 8 heteroatoms. The number of amides is 1. The van der Waals surface area contributed by atoms with Crippen LogP contribution in [0.1, 0.15) is 21.5 Å². The van der Waals surface area contributed by atoms with Crippen LogP contribution >= 0.6 is 11.6 Å². The molecule has 0 fully saturated rings. The molecule has 0 saturated carbocycles. The third-order valence-electron chi connectivity index (χ3n) is 2.44. The SMILES string of the molecule is Cc1c(CNC(=O)C(F)(F)F)ccc(Cl)c1C(=O)O. The van der Waals surface area contributed by atoms with Crippen LogP contribution in [-0.4, -0.2) is 23.2 Å². The van der Waals surface area contributed by atoms with Crippen LogP contribution < -0.4 is 5.32 Å². The Kier molecular flexibility index (Phi) is 4.41. The molecular formula is C11H9ClF3NO3. The number of carboxylic acids is 1. The van der Waals surface area contributed by atoms with Crippen molar-refractivity contribution in [2.45, 2.75) is 19.6 Å². The molecule has 0 bridgehead atoms. The highest BCUT2D eigenvalue weighted by Crippen LogP contribution is 2.23. The van der Waals surface area contributed by atoms with E-state index in [1.807, 2.05) is 0 Å². The Bertz CT molecular complexity index is 529. The maximum absolute atomic E-state index is 12.0. The molecule has 1 amide bonds. The van der Waals surface area contributed by atoms with E-state index in [4.69, 9.17) is 16.7 Å². The summed E-state index contributed by atoms with van der Waals surface area (Å²) in [6.07, 6.45) is -4.98. The van der Waals surface area contributed by atoms with Crippen molar-refractivity contribution < 1.29 is 27.9 Å². The van der Waals surface area contributed by atoms with E-state index in [-0.39, 0.29) is 21.7 Å². The lowest BCUT2D eigenvalue weighted by molar-refractivity contribution is -0.173. The third-order valence-corrected chi connectivity index (χ3v) is 2.75. The summed E-state index contributed by atoms with van der Waals surface area (Å²) >= 11 is 5.68. The second kappa shape index (κ2) is 5.48. The molecule has 1 aromatic carbocycles. The lowest BCUT2D eigenvalue weighted by Crippen LogP contribution is -2.36. The Morgan fingerprint density at radius 3 is 2.42 bits per heavy atom. The fourth-order valence-electron chi connectivity index (χ4n) is 1.45. The highest BCUT2D eigenvalue weighted by atomic mass is 35.5. The number of hydrogen-bond acceptors (Lipinski definition) is 2. The molecule has 0 aliphatic rings. The minimum Gasteiger partial charge on any atom is -0.478 e. The number of halogens is 4. The van der Waals surface area contributed by atoms with Crippen molar-refractivity contribution in [3.8, 4) is 0 Å². The van der Waals surface area contributed by atoms with Crippen molar-refractivity contribution in [1.82, 2.24) is 5.32 Å². The first kappa shape index (κ1) is 15.3. The van der Waals surface area contributed by atoms with Gasteiger partial charge in [-0.2, -0.15) is 13.2 Å². The van der Waals surface area contributed by atoms with Crippen LogP contribution in [0.2, 0.25) is 5.02 Å². The largest absolute Gasteiger partial charge is 0.478 e. The van der Waals surface area contributed by atoms with E-state index >= 15 is 0 Å². The zero-order valence-corrected chi connectivity index (χ0v) is 10.4. The van der Waals surface area contributed by atoms with Gasteiger partial charge in [0.2, 0.25) is 0 Å². The maximum atomic E-state index is 12.0. The van der Waals surface area contributed by atoms with Gasteiger partial charge in [-0.15, -0.1) is 0 Å². The van der Waals surface area contributed by atoms with E-state index in [1.54, 1.807) is 5.32 Å². The van der Waals surface area contributed by atoms with Gasteiger partial charge in [-0.3, -0.25) is 4.79 Å². The number of benzene rings is 1. The van der Waals surface area contributed by atoms with Crippen molar-refractivity contribution >= 4 is 23.5 Å². The molecule has 0 atom stereocenters. The van der Waals surface area contributed by atoms with Crippen LogP contribution in [0.25, 0.3) is 0 Å². The van der Waals surface area contributed by atoms with E-state index in [2.05, 4.69) is 0 Å². The molecule has 2 N–H and O–H groups in total. The molecule has 104 valence electrons. The van der Waals surface area contributed by atoms with E-state index in [9.17, 15) is 22.8 Å². The van der Waals surface area contributed by atoms with Crippen LogP contribution in [0.5, 0.6) is 0 Å². The number of rotatable bonds is 3. The number of nitrogens with one attached hydrogen (secondary N) is 1. The van der Waals surface area contributed by atoms with Crippen LogP contribution in [0.4, 0.5) is 13.2 Å². The molecular weight excluding hydrogens is 287 g/mol. The van der Waals surface area contributed by atoms with Crippen molar-refractivity contribution in [3.05, 3.63) is 33.8 Å². The van der Waals surface area contributed by atoms with Crippen molar-refractivity contribution in [2.24, 2.45) is 0 Å². The number of alkyl halides is 3. The van der Waals surface area contributed by atoms with Crippen molar-refractivity contribution in [2.75, 3.05) is 0 Å². The average molecular weight is 296 g/mol. The van der Waals surface area contributed by atoms with Gasteiger partial charge in [-0.1, -0.05) is 17.7 Å². The molecule has 0 unspecified atom stereocenters. The Morgan fingerprint density at radius 1 is 1.37 bits per heavy atom. The summed E-state index contributed by atoms with van der Waals surface area (Å²) in [7, 11) is 0. The number of aromatic carboxylic acids is 1. The summed E-state index contributed by atoms with van der Waals surface area (Å²) in [5.74, 6) is -3.37. The van der Waals surface area contributed by atoms with Gasteiger partial charge in [0, 0.05) is 6.54 Å². The first-order valence-electron chi connectivity index (χ1n) is 5.01. The summed E-state index contributed by atoms with van der Waals surface area (Å²) in [5.41, 5.74) is 0.266. The first-order valence-corrected chi connectivity index (χ1v) is 5.38. The summed E-state index contributed by atoms with van der Waals surface area (Å²) in [5, 5.41) is 10.6. The highest BCUT2D eigenvalue weighted by Gasteiger charge is 2.38. The predicted octanol–water partition coefficient (Wildman–Crippen LogP) is 2.53. The molecule has 0 radical (unpaired) electrons. The molecule has 19 heavy (non-hydrogen) atoms. The van der Waals surface area contributed by atoms with E-state index < -0.39 is 24.6 Å². The first-order chi connectivity index (χ1) is 8.64. The van der Waals surface area contributed by atoms with Crippen LogP contribution in [-0.2, 0) is 11.3 Å². The van der Waals surface area contributed by atoms with Crippen molar-refractivity contribution in [3.63, 3.8) is 0 Å². The maximum Gasteiger partial charge on any atom is 0.471 e. The number of carbonyl (C=O) groups is 2. The molecule has 0 aliphatic heterocycles. The second-order valence-electron chi connectivity index (χ2n) is 3.69. The topological polar surface area (TPSA) is 66.4 Å². The number of hydrogen-bond donors (Lipinski definition) is 2. The Balaban J connectivity index is 2.95. The minimum atomic E-state index is -4.98. The zero-order chi connectivity index (χ0) is 14.8. The van der Waals surface area contributed by atoms with Gasteiger partial charge in [0.25, 0.3) is 0 Å². The molecule has 0 aliphatic carbocycles. The van der Waals surface area contributed by atoms with Crippen LogP contribution in [0, 0.1) is 6.92 Å². The molecule has 0 aromatic heterocycles. The fourth-order valence-corrected chi connectivity index (χ4v) is 1.74. The van der Waals surface area contributed by atoms with E-state index in [0.29, 0.717) is 0 Å². The monoisotopic (exact) mass is 295 g/mol. The van der Waals surface area contributed by atoms with Crippen LogP contribution in [0.15, 0.2) is 12.1 Å². The Hall–Kier alpha value is -1.76. The molecule has 0 heterocycles. The van der Waals surface area contributed by atoms with E-state index in [1.165, 1.54) is 19.1 Å². The quantitative estimate of drug-likeness (QED) is 0.900. The smallest absolute Gasteiger partial charge is 0.471 e. The lowest BCUT2D eigenvalue weighted by atomic mass is 10.0. The average Bonchev–Trinajstić information content (AvgIpc) is 2.25. The van der Waals surface area contributed by atoms with Gasteiger partial charge >= 0.3 is 18.1 Å². The minimum absolute atomic E-state index is 0.0177. The van der Waals surface area contributed by atoms with E-state index in [0.717, 1.165) is 0 Å². The normalized spacial score (nSPS) is 11.2. The second-order valence-corrected chi connectivity index (χ2v) is 4.10. The summed E-state index contributed by atoms with van der Waals surface area (Å²) in [6.45, 7) is 0.978. The zero-order valence-electron chi connectivity index (χ0n) is 9.64. The Labute approximate surface area is 111 Å². The fraction of sp³-hybridized carbons (Fsp3) is 0.273. The summed E-state index contributed by atoms with van der Waals surface area (Å²) < 4.78 is 36.0. The molecule has 1 aromatic rings. The Morgan fingerprint density at radius 2 is 1.95 bits per heavy atom. The molecule has 1 rings (SSSR count). The van der Waals surface area contributed by atoms with Gasteiger partial charge in [0.05, 0.1) is 10.6 Å². The van der Waals surface area contributed by atoms with Crippen molar-refractivity contribution in [1.29, 1.82) is 0 Å².